The number of rotatable bonds is 2. The molecule has 0 atom stereocenters. The lowest BCUT2D eigenvalue weighted by atomic mass is 9.86. The maximum atomic E-state index is 12.8. The minimum absolute atomic E-state index is 0.0926. The third-order valence-electron chi connectivity index (χ3n) is 4.55. The Balaban J connectivity index is 1.82. The van der Waals surface area contributed by atoms with Crippen LogP contribution in [0.2, 0.25) is 0 Å². The highest BCUT2D eigenvalue weighted by Crippen LogP contribution is 2.33. The zero-order valence-electron chi connectivity index (χ0n) is 15.0. The van der Waals surface area contributed by atoms with Crippen molar-refractivity contribution in [3.63, 3.8) is 0 Å². The van der Waals surface area contributed by atoms with Crippen LogP contribution in [0.25, 0.3) is 32.7 Å². The molecule has 130 valence electrons. The van der Waals surface area contributed by atoms with Gasteiger partial charge >= 0.3 is 0 Å². The van der Waals surface area contributed by atoms with Crippen LogP contribution >= 0.6 is 11.3 Å². The van der Waals surface area contributed by atoms with Crippen molar-refractivity contribution < 1.29 is 0 Å². The van der Waals surface area contributed by atoms with E-state index in [4.69, 9.17) is 0 Å². The van der Waals surface area contributed by atoms with Crippen molar-refractivity contribution in [2.45, 2.75) is 26.2 Å². The van der Waals surface area contributed by atoms with Gasteiger partial charge in [-0.25, -0.2) is 4.98 Å². The van der Waals surface area contributed by atoms with Crippen molar-refractivity contribution in [3.8, 4) is 22.5 Å². The van der Waals surface area contributed by atoms with Gasteiger partial charge in [0.15, 0.2) is 0 Å². The summed E-state index contributed by atoms with van der Waals surface area (Å²) in [5.41, 5.74) is 4.20. The second kappa shape index (κ2) is 6.22. The van der Waals surface area contributed by atoms with Gasteiger partial charge in [0.1, 0.15) is 10.7 Å². The molecule has 0 amide bonds. The summed E-state index contributed by atoms with van der Waals surface area (Å²) in [6.45, 7) is 6.59. The van der Waals surface area contributed by atoms with E-state index in [0.717, 1.165) is 21.5 Å². The number of aromatic amines is 1. The molecule has 0 radical (unpaired) electrons. The average molecular weight is 360 g/mol. The molecule has 0 aliphatic carbocycles. The summed E-state index contributed by atoms with van der Waals surface area (Å²) < 4.78 is 0. The summed E-state index contributed by atoms with van der Waals surface area (Å²) in [5, 5.41) is 2.69. The van der Waals surface area contributed by atoms with Gasteiger partial charge in [-0.2, -0.15) is 0 Å². The molecule has 4 rings (SSSR count). The smallest absolute Gasteiger partial charge is 0.260 e. The molecular formula is C22H20N2OS. The highest BCUT2D eigenvalue weighted by Gasteiger charge is 2.16. The number of nitrogens with one attached hydrogen (secondary N) is 1. The van der Waals surface area contributed by atoms with Crippen LogP contribution in [0.1, 0.15) is 26.3 Å². The first-order valence-corrected chi connectivity index (χ1v) is 9.49. The molecule has 0 aliphatic rings. The highest BCUT2D eigenvalue weighted by molar-refractivity contribution is 7.17. The second-order valence-electron chi connectivity index (χ2n) is 7.44. The Kier molecular flexibility index (Phi) is 4.00. The molecule has 3 nitrogen and oxygen atoms in total. The monoisotopic (exact) mass is 360 g/mol. The van der Waals surface area contributed by atoms with Crippen LogP contribution in [0.4, 0.5) is 0 Å². The summed E-state index contributed by atoms with van der Waals surface area (Å²) in [5.74, 6) is 0.611. The van der Waals surface area contributed by atoms with Crippen LogP contribution < -0.4 is 5.56 Å². The average Bonchev–Trinajstić information content (AvgIpc) is 3.06. The lowest BCUT2D eigenvalue weighted by Crippen LogP contribution is -2.10. The normalized spacial score (nSPS) is 11.8. The maximum absolute atomic E-state index is 12.8. The third-order valence-corrected chi connectivity index (χ3v) is 5.43. The topological polar surface area (TPSA) is 45.8 Å². The predicted molar refractivity (Wildman–Crippen MR) is 110 cm³/mol. The summed E-state index contributed by atoms with van der Waals surface area (Å²) >= 11 is 1.51. The van der Waals surface area contributed by atoms with Crippen molar-refractivity contribution in [1.29, 1.82) is 0 Å². The van der Waals surface area contributed by atoms with Crippen LogP contribution in [0.15, 0.2) is 64.8 Å². The van der Waals surface area contributed by atoms with Crippen LogP contribution in [-0.2, 0) is 5.41 Å². The van der Waals surface area contributed by atoms with Gasteiger partial charge in [-0.1, -0.05) is 75.4 Å². The predicted octanol–water partition coefficient (Wildman–Crippen LogP) is 5.62. The van der Waals surface area contributed by atoms with Gasteiger partial charge in [0, 0.05) is 16.5 Å². The molecule has 0 saturated heterocycles. The van der Waals surface area contributed by atoms with Gasteiger partial charge in [0.25, 0.3) is 5.56 Å². The van der Waals surface area contributed by atoms with Crippen molar-refractivity contribution >= 4 is 21.6 Å². The van der Waals surface area contributed by atoms with Gasteiger partial charge < -0.3 is 4.98 Å². The van der Waals surface area contributed by atoms with Crippen molar-refractivity contribution in [3.05, 3.63) is 75.9 Å². The number of benzene rings is 2. The number of hydrogen-bond donors (Lipinski definition) is 1. The Bertz CT molecular complexity index is 1120. The quantitative estimate of drug-likeness (QED) is 0.504. The van der Waals surface area contributed by atoms with E-state index in [1.807, 2.05) is 35.7 Å². The second-order valence-corrected chi connectivity index (χ2v) is 8.30. The van der Waals surface area contributed by atoms with Crippen LogP contribution in [0, 0.1) is 0 Å². The third kappa shape index (κ3) is 2.97. The van der Waals surface area contributed by atoms with Crippen LogP contribution in [0.5, 0.6) is 0 Å². The number of fused-ring (bicyclic) bond motifs is 1. The molecule has 4 heteroatoms. The van der Waals surface area contributed by atoms with Gasteiger partial charge in [-0.3, -0.25) is 4.79 Å². The molecule has 0 bridgehead atoms. The number of thiophene rings is 1. The number of aromatic nitrogens is 2. The number of nitrogens with zero attached hydrogens (tertiary/aromatic N) is 1. The van der Waals surface area contributed by atoms with Gasteiger partial charge in [-0.15, -0.1) is 11.3 Å². The zero-order chi connectivity index (χ0) is 18.3. The van der Waals surface area contributed by atoms with E-state index in [-0.39, 0.29) is 11.0 Å². The molecule has 2 heterocycles. The molecule has 4 aromatic rings. The van der Waals surface area contributed by atoms with Crippen molar-refractivity contribution in [1.82, 2.24) is 9.97 Å². The van der Waals surface area contributed by atoms with E-state index in [1.165, 1.54) is 16.9 Å². The summed E-state index contributed by atoms with van der Waals surface area (Å²) in [6.07, 6.45) is 0. The molecule has 0 saturated carbocycles. The lowest BCUT2D eigenvalue weighted by molar-refractivity contribution is 0.590. The lowest BCUT2D eigenvalue weighted by Gasteiger charge is -2.19. The number of H-pyrrole nitrogens is 1. The first-order chi connectivity index (χ1) is 12.4. The summed E-state index contributed by atoms with van der Waals surface area (Å²) in [7, 11) is 0. The van der Waals surface area contributed by atoms with E-state index in [0.29, 0.717) is 11.2 Å². The molecule has 1 N–H and O–H groups in total. The highest BCUT2D eigenvalue weighted by atomic mass is 32.1. The molecule has 0 spiro atoms. The molecular weight excluding hydrogens is 340 g/mol. The van der Waals surface area contributed by atoms with Crippen LogP contribution in [-0.4, -0.2) is 9.97 Å². The number of hydrogen-bond acceptors (Lipinski definition) is 3. The Morgan fingerprint density at radius 1 is 0.923 bits per heavy atom. The molecule has 0 fully saturated rings. The Hall–Kier alpha value is -2.72. The van der Waals surface area contributed by atoms with E-state index < -0.39 is 0 Å². The molecule has 0 aliphatic heterocycles. The standard InChI is InChI=1S/C22H20N2OS/c1-22(2,3)16-11-9-14(10-12-16)17-13-26-21-18(17)20(25)23-19(24-21)15-7-5-4-6-8-15/h4-13H,1-3H3,(H,23,24,25). The molecule has 2 aromatic heterocycles. The van der Waals surface area contributed by atoms with Gasteiger partial charge in [0.05, 0.1) is 5.39 Å². The van der Waals surface area contributed by atoms with Crippen LogP contribution in [0.3, 0.4) is 0 Å². The Labute approximate surface area is 156 Å². The molecule has 2 aromatic carbocycles. The van der Waals surface area contributed by atoms with Gasteiger partial charge in [0.2, 0.25) is 0 Å². The first kappa shape index (κ1) is 16.7. The van der Waals surface area contributed by atoms with Crippen molar-refractivity contribution in [2.24, 2.45) is 0 Å². The first-order valence-electron chi connectivity index (χ1n) is 8.61. The van der Waals surface area contributed by atoms with E-state index in [1.54, 1.807) is 0 Å². The largest absolute Gasteiger partial charge is 0.306 e. The summed E-state index contributed by atoms with van der Waals surface area (Å²) in [6, 6.07) is 18.2. The summed E-state index contributed by atoms with van der Waals surface area (Å²) in [4.78, 5) is 21.1. The fraction of sp³-hybridized carbons (Fsp3) is 0.182. The van der Waals surface area contributed by atoms with E-state index in [9.17, 15) is 4.79 Å². The SMILES string of the molecule is CC(C)(C)c1ccc(-c2csc3nc(-c4ccccc4)[nH]c(=O)c23)cc1. The fourth-order valence-corrected chi connectivity index (χ4v) is 3.99. The minimum Gasteiger partial charge on any atom is -0.306 e. The van der Waals surface area contributed by atoms with E-state index >= 15 is 0 Å². The van der Waals surface area contributed by atoms with E-state index in [2.05, 4.69) is 55.0 Å². The molecule has 0 unspecified atom stereocenters. The minimum atomic E-state index is -0.0926. The Morgan fingerprint density at radius 3 is 2.27 bits per heavy atom. The molecule has 26 heavy (non-hydrogen) atoms. The zero-order valence-corrected chi connectivity index (χ0v) is 15.9. The maximum Gasteiger partial charge on any atom is 0.260 e. The Morgan fingerprint density at radius 2 is 1.62 bits per heavy atom. The fourth-order valence-electron chi connectivity index (χ4n) is 3.04. The van der Waals surface area contributed by atoms with Gasteiger partial charge in [-0.05, 0) is 16.5 Å². The van der Waals surface area contributed by atoms with Crippen molar-refractivity contribution in [2.75, 3.05) is 0 Å².